The number of amides is 2. The van der Waals surface area contributed by atoms with Crippen molar-refractivity contribution in [2.24, 2.45) is 0 Å². The third kappa shape index (κ3) is 5.90. The summed E-state index contributed by atoms with van der Waals surface area (Å²) in [6.45, 7) is 2.01. The highest BCUT2D eigenvalue weighted by molar-refractivity contribution is 6.03. The smallest absolute Gasteiger partial charge is 0.338 e. The number of hydrogen-bond donors (Lipinski definition) is 2. The highest BCUT2D eigenvalue weighted by Gasteiger charge is 2.36. The molecular formula is C31H33N3O5. The summed E-state index contributed by atoms with van der Waals surface area (Å²) in [6.07, 6.45) is 8.51. The molecule has 8 heteroatoms. The zero-order chi connectivity index (χ0) is 27.2. The van der Waals surface area contributed by atoms with Crippen LogP contribution < -0.4 is 10.2 Å². The van der Waals surface area contributed by atoms with Crippen LogP contribution in [0.3, 0.4) is 0 Å². The molecule has 202 valence electrons. The quantitative estimate of drug-likeness (QED) is 0.272. The summed E-state index contributed by atoms with van der Waals surface area (Å²) in [6, 6.07) is 16.8. The fourth-order valence-corrected chi connectivity index (χ4v) is 5.28. The van der Waals surface area contributed by atoms with E-state index in [1.54, 1.807) is 43.3 Å². The molecule has 2 aromatic carbocycles. The third-order valence-electron chi connectivity index (χ3n) is 7.21. The van der Waals surface area contributed by atoms with Crippen LogP contribution in [0.15, 0.2) is 77.5 Å². The largest absolute Gasteiger partial charge is 0.467 e. The molecule has 0 bridgehead atoms. The summed E-state index contributed by atoms with van der Waals surface area (Å²) < 4.78 is 10.8. The van der Waals surface area contributed by atoms with E-state index >= 15 is 0 Å². The Labute approximate surface area is 227 Å². The second-order valence-corrected chi connectivity index (χ2v) is 9.83. The minimum Gasteiger partial charge on any atom is -0.467 e. The molecule has 2 N–H and O–H groups in total. The van der Waals surface area contributed by atoms with Crippen molar-refractivity contribution in [3.8, 4) is 0 Å². The van der Waals surface area contributed by atoms with E-state index in [0.717, 1.165) is 48.6 Å². The lowest BCUT2D eigenvalue weighted by molar-refractivity contribution is -0.127. The van der Waals surface area contributed by atoms with Crippen LogP contribution in [-0.2, 0) is 20.7 Å². The van der Waals surface area contributed by atoms with E-state index in [1.165, 1.54) is 11.2 Å². The number of nitrogens with zero attached hydrogens (tertiary/aromatic N) is 1. The van der Waals surface area contributed by atoms with E-state index in [-0.39, 0.29) is 30.9 Å². The molecule has 5 rings (SSSR count). The van der Waals surface area contributed by atoms with Gasteiger partial charge in [-0.05, 0) is 67.8 Å². The maximum absolute atomic E-state index is 14.1. The lowest BCUT2D eigenvalue weighted by Gasteiger charge is -2.32. The summed E-state index contributed by atoms with van der Waals surface area (Å²) in [5.41, 5.74) is 2.61. The van der Waals surface area contributed by atoms with Crippen molar-refractivity contribution in [3.63, 3.8) is 0 Å². The fourth-order valence-electron chi connectivity index (χ4n) is 5.28. The monoisotopic (exact) mass is 527 g/mol. The van der Waals surface area contributed by atoms with Crippen molar-refractivity contribution in [3.05, 3.63) is 90.0 Å². The van der Waals surface area contributed by atoms with Crippen molar-refractivity contribution in [1.29, 1.82) is 0 Å². The van der Waals surface area contributed by atoms with Crippen LogP contribution in [-0.4, -0.2) is 35.4 Å². The molecule has 1 aliphatic rings. The number of carbonyl (C=O) groups is 3. The van der Waals surface area contributed by atoms with E-state index in [1.807, 2.05) is 30.5 Å². The van der Waals surface area contributed by atoms with Crippen LogP contribution in [0.5, 0.6) is 0 Å². The van der Waals surface area contributed by atoms with Gasteiger partial charge >= 0.3 is 5.97 Å². The van der Waals surface area contributed by atoms with Crippen LogP contribution >= 0.6 is 0 Å². The molecule has 4 aromatic rings. The first-order valence-electron chi connectivity index (χ1n) is 13.5. The van der Waals surface area contributed by atoms with Crippen LogP contribution in [0.1, 0.15) is 66.8 Å². The Bertz CT molecular complexity index is 1420. The van der Waals surface area contributed by atoms with Gasteiger partial charge in [0.2, 0.25) is 5.91 Å². The molecule has 0 saturated heterocycles. The SMILES string of the molecule is CCOC(=O)c1ccc(N(C(=O)Cc2c[nH]c3ccccc23)C(C(=O)NC2CCCCC2)c2ccco2)cc1. The standard InChI is InChI=1S/C31H33N3O5/c1-2-38-31(37)21-14-16-24(17-15-21)34(28(35)19-22-20-32-26-12-7-6-11-25(22)26)29(27-13-8-18-39-27)30(36)33-23-9-4-3-5-10-23/h6-8,11-18,20,23,29,32H,2-5,9-10,19H2,1H3,(H,33,36). The molecule has 1 unspecified atom stereocenters. The molecule has 2 heterocycles. The Morgan fingerprint density at radius 3 is 2.51 bits per heavy atom. The molecule has 8 nitrogen and oxygen atoms in total. The van der Waals surface area contributed by atoms with Crippen LogP contribution in [0.4, 0.5) is 5.69 Å². The summed E-state index contributed by atoms with van der Waals surface area (Å²) in [5, 5.41) is 4.12. The number of benzene rings is 2. The van der Waals surface area contributed by atoms with Gasteiger partial charge in [-0.1, -0.05) is 37.5 Å². The molecule has 39 heavy (non-hydrogen) atoms. The van der Waals surface area contributed by atoms with Crippen molar-refractivity contribution in [1.82, 2.24) is 10.3 Å². The Kier molecular flexibility index (Phi) is 8.10. The number of nitrogens with one attached hydrogen (secondary N) is 2. The van der Waals surface area contributed by atoms with Crippen molar-refractivity contribution in [2.45, 2.75) is 57.5 Å². The number of furan rings is 1. The number of fused-ring (bicyclic) bond motifs is 1. The van der Waals surface area contributed by atoms with Crippen molar-refractivity contribution >= 4 is 34.4 Å². The minimum atomic E-state index is -1.02. The summed E-state index contributed by atoms with van der Waals surface area (Å²) in [4.78, 5) is 44.9. The molecule has 0 radical (unpaired) electrons. The minimum absolute atomic E-state index is 0.0560. The zero-order valence-electron chi connectivity index (χ0n) is 22.0. The number of aromatic nitrogens is 1. The second-order valence-electron chi connectivity index (χ2n) is 9.83. The van der Waals surface area contributed by atoms with Gasteiger partial charge in [-0.3, -0.25) is 14.5 Å². The van der Waals surface area contributed by atoms with Gasteiger partial charge in [0, 0.05) is 28.8 Å². The number of aromatic amines is 1. The average Bonchev–Trinajstić information content (AvgIpc) is 3.63. The average molecular weight is 528 g/mol. The zero-order valence-corrected chi connectivity index (χ0v) is 22.0. The molecule has 1 fully saturated rings. The van der Waals surface area contributed by atoms with Gasteiger partial charge in [-0.25, -0.2) is 4.79 Å². The van der Waals surface area contributed by atoms with Gasteiger partial charge in [0.15, 0.2) is 6.04 Å². The van der Waals surface area contributed by atoms with Crippen molar-refractivity contribution < 1.29 is 23.5 Å². The number of H-pyrrole nitrogens is 1. The van der Waals surface area contributed by atoms with E-state index in [9.17, 15) is 14.4 Å². The number of carbonyl (C=O) groups excluding carboxylic acids is 3. The Morgan fingerprint density at radius 1 is 1.03 bits per heavy atom. The topological polar surface area (TPSA) is 105 Å². The Hall–Kier alpha value is -4.33. The number of esters is 1. The molecule has 1 aliphatic carbocycles. The van der Waals surface area contributed by atoms with Crippen molar-refractivity contribution in [2.75, 3.05) is 11.5 Å². The number of hydrogen-bond acceptors (Lipinski definition) is 5. The van der Waals surface area contributed by atoms with Gasteiger partial charge < -0.3 is 19.5 Å². The normalized spacial score (nSPS) is 14.6. The molecule has 0 aliphatic heterocycles. The highest BCUT2D eigenvalue weighted by atomic mass is 16.5. The summed E-state index contributed by atoms with van der Waals surface area (Å²) >= 11 is 0. The van der Waals surface area contributed by atoms with E-state index < -0.39 is 12.0 Å². The van der Waals surface area contributed by atoms with Gasteiger partial charge in [0.1, 0.15) is 5.76 Å². The first-order chi connectivity index (χ1) is 19.0. The molecule has 2 aromatic heterocycles. The second kappa shape index (κ2) is 12.0. The predicted molar refractivity (Wildman–Crippen MR) is 148 cm³/mol. The highest BCUT2D eigenvalue weighted by Crippen LogP contribution is 2.31. The van der Waals surface area contributed by atoms with E-state index in [0.29, 0.717) is 17.0 Å². The third-order valence-corrected chi connectivity index (χ3v) is 7.21. The molecule has 1 atom stereocenters. The summed E-state index contributed by atoms with van der Waals surface area (Å²) in [7, 11) is 0. The first kappa shape index (κ1) is 26.3. The van der Waals surface area contributed by atoms with E-state index in [4.69, 9.17) is 9.15 Å². The molecule has 2 amide bonds. The Morgan fingerprint density at radius 2 is 1.79 bits per heavy atom. The maximum atomic E-state index is 14.1. The van der Waals surface area contributed by atoms with Crippen LogP contribution in [0.2, 0.25) is 0 Å². The fraction of sp³-hybridized carbons (Fsp3) is 0.323. The van der Waals surface area contributed by atoms with Gasteiger partial charge in [-0.15, -0.1) is 0 Å². The number of para-hydroxylation sites is 1. The lowest BCUT2D eigenvalue weighted by Crippen LogP contribution is -2.47. The summed E-state index contributed by atoms with van der Waals surface area (Å²) in [5.74, 6) is -0.647. The lowest BCUT2D eigenvalue weighted by atomic mass is 9.95. The molecule has 0 spiro atoms. The number of ether oxygens (including phenoxy) is 1. The molecular weight excluding hydrogens is 494 g/mol. The first-order valence-corrected chi connectivity index (χ1v) is 13.5. The predicted octanol–water partition coefficient (Wildman–Crippen LogP) is 5.70. The van der Waals surface area contributed by atoms with Crippen LogP contribution in [0.25, 0.3) is 10.9 Å². The maximum Gasteiger partial charge on any atom is 0.338 e. The van der Waals surface area contributed by atoms with Gasteiger partial charge in [0.05, 0.1) is 24.9 Å². The van der Waals surface area contributed by atoms with Gasteiger partial charge in [0.25, 0.3) is 5.91 Å². The molecule has 1 saturated carbocycles. The number of anilines is 1. The number of rotatable bonds is 9. The van der Waals surface area contributed by atoms with Crippen LogP contribution in [0, 0.1) is 0 Å². The van der Waals surface area contributed by atoms with Gasteiger partial charge in [-0.2, -0.15) is 0 Å². The van der Waals surface area contributed by atoms with E-state index in [2.05, 4.69) is 10.3 Å². The Balaban J connectivity index is 1.52.